The molecule has 1 amide bonds. The Kier molecular flexibility index (Phi) is 4.30. The third-order valence-electron chi connectivity index (χ3n) is 3.10. The highest BCUT2D eigenvalue weighted by atomic mass is 32.2. The molecule has 1 saturated heterocycles. The van der Waals surface area contributed by atoms with E-state index in [9.17, 15) is 13.2 Å². The van der Waals surface area contributed by atoms with Crippen molar-refractivity contribution in [2.45, 2.75) is 57.4 Å². The Balaban J connectivity index is 2.81. The highest BCUT2D eigenvalue weighted by molar-refractivity contribution is 7.91. The van der Waals surface area contributed by atoms with Crippen molar-refractivity contribution in [2.24, 2.45) is 0 Å². The quantitative estimate of drug-likeness (QED) is 0.733. The first kappa shape index (κ1) is 15.3. The number of carbonyl (C=O) groups excluding carboxylic acids is 1. The van der Waals surface area contributed by atoms with Crippen LogP contribution in [0.5, 0.6) is 0 Å². The molecule has 1 aliphatic rings. The fraction of sp³-hybridized carbons (Fsp3) is 0.917. The van der Waals surface area contributed by atoms with Crippen LogP contribution in [-0.2, 0) is 14.6 Å². The number of amides is 1. The first-order valence-corrected chi connectivity index (χ1v) is 8.16. The minimum atomic E-state index is -3.13. The smallest absolute Gasteiger partial charge is 0.410 e. The van der Waals surface area contributed by atoms with Gasteiger partial charge in [0.2, 0.25) is 0 Å². The molecule has 0 N–H and O–H groups in total. The van der Waals surface area contributed by atoms with E-state index in [0.717, 1.165) is 0 Å². The molecule has 0 aromatic heterocycles. The molecular weight excluding hydrogens is 254 g/mol. The van der Waals surface area contributed by atoms with Crippen molar-refractivity contribution >= 4 is 15.9 Å². The topological polar surface area (TPSA) is 63.7 Å². The zero-order valence-electron chi connectivity index (χ0n) is 11.8. The molecule has 0 saturated carbocycles. The van der Waals surface area contributed by atoms with Crippen molar-refractivity contribution < 1.29 is 17.9 Å². The van der Waals surface area contributed by atoms with Gasteiger partial charge in [0.15, 0.2) is 9.84 Å². The molecule has 1 aliphatic heterocycles. The van der Waals surface area contributed by atoms with Gasteiger partial charge in [-0.25, -0.2) is 13.2 Å². The molecule has 5 nitrogen and oxygen atoms in total. The van der Waals surface area contributed by atoms with Crippen molar-refractivity contribution in [1.82, 2.24) is 4.90 Å². The third-order valence-corrected chi connectivity index (χ3v) is 4.82. The van der Waals surface area contributed by atoms with E-state index < -0.39 is 26.8 Å². The second kappa shape index (κ2) is 5.07. The van der Waals surface area contributed by atoms with Crippen LogP contribution in [0.2, 0.25) is 0 Å². The second-order valence-electron chi connectivity index (χ2n) is 5.92. The maximum Gasteiger partial charge on any atom is 0.410 e. The summed E-state index contributed by atoms with van der Waals surface area (Å²) >= 11 is 0. The maximum absolute atomic E-state index is 12.0. The van der Waals surface area contributed by atoms with Crippen LogP contribution < -0.4 is 0 Å². The van der Waals surface area contributed by atoms with E-state index in [1.165, 1.54) is 11.2 Å². The van der Waals surface area contributed by atoms with Crippen molar-refractivity contribution in [1.29, 1.82) is 0 Å². The largest absolute Gasteiger partial charge is 0.444 e. The van der Waals surface area contributed by atoms with Gasteiger partial charge >= 0.3 is 6.09 Å². The van der Waals surface area contributed by atoms with E-state index in [0.29, 0.717) is 19.4 Å². The summed E-state index contributed by atoms with van der Waals surface area (Å²) in [5.74, 6) is 0. The first-order chi connectivity index (χ1) is 8.02. The Morgan fingerprint density at radius 1 is 1.33 bits per heavy atom. The highest BCUT2D eigenvalue weighted by Gasteiger charge is 2.38. The standard InChI is InChI=1S/C12H23NO4S/c1-9-10(18(5,15)16)7-6-8-13(9)11(14)17-12(2,3)4/h9-10H,6-8H2,1-5H3/t9-,10?/m0/s1. The lowest BCUT2D eigenvalue weighted by Crippen LogP contribution is -2.52. The lowest BCUT2D eigenvalue weighted by atomic mass is 10.0. The van der Waals surface area contributed by atoms with Crippen LogP contribution in [0.1, 0.15) is 40.5 Å². The van der Waals surface area contributed by atoms with Crippen LogP contribution in [0, 0.1) is 0 Å². The number of likely N-dealkylation sites (tertiary alicyclic amines) is 1. The van der Waals surface area contributed by atoms with Gasteiger partial charge in [0.05, 0.1) is 5.25 Å². The zero-order chi connectivity index (χ0) is 14.1. The maximum atomic E-state index is 12.0. The van der Waals surface area contributed by atoms with Crippen LogP contribution in [0.4, 0.5) is 4.79 Å². The lowest BCUT2D eigenvalue weighted by molar-refractivity contribution is 0.0126. The summed E-state index contributed by atoms with van der Waals surface area (Å²) in [5, 5.41) is -0.487. The van der Waals surface area contributed by atoms with E-state index in [1.807, 2.05) is 0 Å². The van der Waals surface area contributed by atoms with Gasteiger partial charge in [0.1, 0.15) is 5.60 Å². The number of ether oxygens (including phenoxy) is 1. The van der Waals surface area contributed by atoms with Crippen LogP contribution in [-0.4, -0.2) is 49.1 Å². The Hall–Kier alpha value is -0.780. The van der Waals surface area contributed by atoms with Gasteiger partial charge in [0.25, 0.3) is 0 Å². The molecule has 0 bridgehead atoms. The first-order valence-electron chi connectivity index (χ1n) is 6.21. The molecule has 1 rings (SSSR count). The lowest BCUT2D eigenvalue weighted by Gasteiger charge is -2.38. The molecule has 1 fully saturated rings. The van der Waals surface area contributed by atoms with E-state index >= 15 is 0 Å². The molecule has 6 heteroatoms. The fourth-order valence-electron chi connectivity index (χ4n) is 2.26. The summed E-state index contributed by atoms with van der Waals surface area (Å²) < 4.78 is 28.6. The normalized spacial score (nSPS) is 25.9. The summed E-state index contributed by atoms with van der Waals surface area (Å²) in [7, 11) is -3.13. The molecule has 2 atom stereocenters. The van der Waals surface area contributed by atoms with Crippen molar-refractivity contribution in [3.05, 3.63) is 0 Å². The molecule has 0 radical (unpaired) electrons. The van der Waals surface area contributed by atoms with E-state index in [2.05, 4.69) is 0 Å². The molecule has 0 spiro atoms. The fourth-order valence-corrected chi connectivity index (χ4v) is 3.72. The average molecular weight is 277 g/mol. The minimum Gasteiger partial charge on any atom is -0.444 e. The van der Waals surface area contributed by atoms with Gasteiger partial charge in [-0.05, 0) is 40.5 Å². The predicted octanol–water partition coefficient (Wildman–Crippen LogP) is 1.82. The van der Waals surface area contributed by atoms with E-state index in [4.69, 9.17) is 4.74 Å². The van der Waals surface area contributed by atoms with Crippen LogP contribution in [0.15, 0.2) is 0 Å². The summed E-state index contributed by atoms with van der Waals surface area (Å²) in [4.78, 5) is 13.5. The molecule has 1 heterocycles. The summed E-state index contributed by atoms with van der Waals surface area (Å²) in [6.45, 7) is 7.73. The molecule has 106 valence electrons. The van der Waals surface area contributed by atoms with Gasteiger partial charge < -0.3 is 9.64 Å². The number of hydrogen-bond acceptors (Lipinski definition) is 4. The van der Waals surface area contributed by atoms with Crippen molar-refractivity contribution in [3.8, 4) is 0 Å². The second-order valence-corrected chi connectivity index (χ2v) is 8.19. The van der Waals surface area contributed by atoms with Crippen LogP contribution in [0.3, 0.4) is 0 Å². The average Bonchev–Trinajstić information content (AvgIpc) is 2.12. The molecule has 0 aromatic rings. The van der Waals surface area contributed by atoms with Gasteiger partial charge in [0, 0.05) is 18.8 Å². The van der Waals surface area contributed by atoms with Crippen molar-refractivity contribution in [2.75, 3.05) is 12.8 Å². The molecule has 18 heavy (non-hydrogen) atoms. The van der Waals surface area contributed by atoms with Gasteiger partial charge in [-0.2, -0.15) is 0 Å². The Morgan fingerprint density at radius 3 is 2.33 bits per heavy atom. The number of sulfone groups is 1. The van der Waals surface area contributed by atoms with Gasteiger partial charge in [-0.15, -0.1) is 0 Å². The summed E-state index contributed by atoms with van der Waals surface area (Å²) in [6.07, 6.45) is 2.11. The van der Waals surface area contributed by atoms with E-state index in [1.54, 1.807) is 27.7 Å². The SMILES string of the molecule is C[C@H]1C(S(C)(=O)=O)CCCN1C(=O)OC(C)(C)C. The van der Waals surface area contributed by atoms with Crippen LogP contribution >= 0.6 is 0 Å². The zero-order valence-corrected chi connectivity index (χ0v) is 12.6. The molecule has 0 aromatic carbocycles. The number of hydrogen-bond donors (Lipinski definition) is 0. The Labute approximate surface area is 109 Å². The molecular formula is C12H23NO4S. The Bertz CT molecular complexity index is 410. The monoisotopic (exact) mass is 277 g/mol. The molecule has 0 aliphatic carbocycles. The molecule has 1 unspecified atom stereocenters. The van der Waals surface area contributed by atoms with E-state index in [-0.39, 0.29) is 6.04 Å². The van der Waals surface area contributed by atoms with Gasteiger partial charge in [-0.1, -0.05) is 0 Å². The predicted molar refractivity (Wildman–Crippen MR) is 70.3 cm³/mol. The number of carbonyl (C=O) groups is 1. The van der Waals surface area contributed by atoms with Crippen LogP contribution in [0.25, 0.3) is 0 Å². The minimum absolute atomic E-state index is 0.330. The number of piperidine rings is 1. The number of nitrogens with zero attached hydrogens (tertiary/aromatic N) is 1. The summed E-state index contributed by atoms with van der Waals surface area (Å²) in [5.41, 5.74) is -0.561. The number of rotatable bonds is 1. The van der Waals surface area contributed by atoms with Gasteiger partial charge in [-0.3, -0.25) is 0 Å². The van der Waals surface area contributed by atoms with Crippen molar-refractivity contribution in [3.63, 3.8) is 0 Å². The summed E-state index contributed by atoms with van der Waals surface area (Å²) in [6, 6.07) is -0.330. The third kappa shape index (κ3) is 3.86. The highest BCUT2D eigenvalue weighted by Crippen LogP contribution is 2.24. The Morgan fingerprint density at radius 2 is 1.89 bits per heavy atom.